The van der Waals surface area contributed by atoms with Gasteiger partial charge in [-0.25, -0.2) is 4.39 Å². The summed E-state index contributed by atoms with van der Waals surface area (Å²) < 4.78 is 12.9. The topological polar surface area (TPSA) is 29.3 Å². The summed E-state index contributed by atoms with van der Waals surface area (Å²) in [6.07, 6.45) is 0. The van der Waals surface area contributed by atoms with Gasteiger partial charge in [-0.1, -0.05) is 26.0 Å². The molecule has 0 aromatic heterocycles. The molecule has 1 unspecified atom stereocenters. The second kappa shape index (κ2) is 5.61. The van der Waals surface area contributed by atoms with Gasteiger partial charge < -0.3 is 5.73 Å². The maximum Gasteiger partial charge on any atom is 0.123 e. The molecular formula is C14H23FN2. The van der Waals surface area contributed by atoms with Crippen molar-refractivity contribution in [3.8, 4) is 0 Å². The first-order chi connectivity index (χ1) is 7.93. The molecule has 0 radical (unpaired) electrons. The van der Waals surface area contributed by atoms with Crippen molar-refractivity contribution in [1.82, 2.24) is 4.90 Å². The lowest BCUT2D eigenvalue weighted by atomic mass is 9.87. The Bertz CT molecular complexity index is 342. The van der Waals surface area contributed by atoms with E-state index in [1.165, 1.54) is 12.1 Å². The van der Waals surface area contributed by atoms with E-state index in [0.717, 1.165) is 18.7 Å². The summed E-state index contributed by atoms with van der Waals surface area (Å²) in [5.41, 5.74) is 7.15. The first kappa shape index (κ1) is 14.1. The van der Waals surface area contributed by atoms with Crippen LogP contribution in [0.5, 0.6) is 0 Å². The minimum absolute atomic E-state index is 0.122. The molecule has 1 aromatic rings. The fourth-order valence-corrected chi connectivity index (χ4v) is 2.31. The molecule has 0 heterocycles. The Labute approximate surface area is 104 Å². The van der Waals surface area contributed by atoms with E-state index >= 15 is 0 Å². The van der Waals surface area contributed by atoms with Gasteiger partial charge in [-0.05, 0) is 44.6 Å². The zero-order valence-electron chi connectivity index (χ0n) is 11.2. The van der Waals surface area contributed by atoms with Crippen molar-refractivity contribution in [1.29, 1.82) is 0 Å². The van der Waals surface area contributed by atoms with Gasteiger partial charge in [-0.3, -0.25) is 4.90 Å². The van der Waals surface area contributed by atoms with Crippen LogP contribution in [-0.2, 0) is 0 Å². The molecule has 0 saturated heterocycles. The normalized spacial score (nSPS) is 14.1. The number of nitrogens with zero attached hydrogens (tertiary/aromatic N) is 1. The van der Waals surface area contributed by atoms with Gasteiger partial charge in [0.05, 0.1) is 0 Å². The molecule has 0 bridgehead atoms. The van der Waals surface area contributed by atoms with E-state index in [2.05, 4.69) is 32.6 Å². The Kier molecular flexibility index (Phi) is 4.66. The lowest BCUT2D eigenvalue weighted by Gasteiger charge is -2.42. The van der Waals surface area contributed by atoms with Gasteiger partial charge in [0.15, 0.2) is 0 Å². The predicted molar refractivity (Wildman–Crippen MR) is 70.3 cm³/mol. The van der Waals surface area contributed by atoms with Gasteiger partial charge in [0, 0.05) is 11.6 Å². The third-order valence-electron chi connectivity index (χ3n) is 3.57. The van der Waals surface area contributed by atoms with Crippen LogP contribution in [0, 0.1) is 5.82 Å². The average molecular weight is 238 g/mol. The smallest absolute Gasteiger partial charge is 0.123 e. The largest absolute Gasteiger partial charge is 0.322 e. The van der Waals surface area contributed by atoms with Crippen LogP contribution in [0.4, 0.5) is 4.39 Å². The molecule has 0 fully saturated rings. The monoisotopic (exact) mass is 238 g/mol. The number of nitrogens with two attached hydrogens (primary N) is 1. The second-order valence-electron chi connectivity index (χ2n) is 4.86. The van der Waals surface area contributed by atoms with E-state index in [1.54, 1.807) is 12.1 Å². The highest BCUT2D eigenvalue weighted by Gasteiger charge is 2.32. The minimum Gasteiger partial charge on any atom is -0.322 e. The maximum absolute atomic E-state index is 12.9. The highest BCUT2D eigenvalue weighted by molar-refractivity contribution is 5.22. The van der Waals surface area contributed by atoms with Crippen LogP contribution in [0.2, 0.25) is 0 Å². The third kappa shape index (κ3) is 3.05. The van der Waals surface area contributed by atoms with E-state index in [9.17, 15) is 4.39 Å². The van der Waals surface area contributed by atoms with Crippen molar-refractivity contribution in [3.05, 3.63) is 35.6 Å². The first-order valence-corrected chi connectivity index (χ1v) is 6.19. The fraction of sp³-hybridized carbons (Fsp3) is 0.571. The van der Waals surface area contributed by atoms with E-state index < -0.39 is 0 Å². The summed E-state index contributed by atoms with van der Waals surface area (Å²) in [5.74, 6) is -0.221. The Morgan fingerprint density at radius 3 is 2.06 bits per heavy atom. The van der Waals surface area contributed by atoms with Gasteiger partial charge in [0.2, 0.25) is 0 Å². The molecule has 3 heteroatoms. The Morgan fingerprint density at radius 1 is 1.18 bits per heavy atom. The van der Waals surface area contributed by atoms with Crippen molar-refractivity contribution in [3.63, 3.8) is 0 Å². The van der Waals surface area contributed by atoms with Crippen LogP contribution in [0.3, 0.4) is 0 Å². The maximum atomic E-state index is 12.9. The van der Waals surface area contributed by atoms with Crippen molar-refractivity contribution in [2.75, 3.05) is 13.1 Å². The van der Waals surface area contributed by atoms with Gasteiger partial charge in [-0.2, -0.15) is 0 Å². The van der Waals surface area contributed by atoms with Crippen LogP contribution in [0.25, 0.3) is 0 Å². The summed E-state index contributed by atoms with van der Waals surface area (Å²) in [4.78, 5) is 2.32. The molecule has 96 valence electrons. The molecule has 1 rings (SSSR count). The Balaban J connectivity index is 2.94. The van der Waals surface area contributed by atoms with Crippen LogP contribution in [0.15, 0.2) is 24.3 Å². The highest BCUT2D eigenvalue weighted by Crippen LogP contribution is 2.28. The number of halogens is 1. The van der Waals surface area contributed by atoms with Crippen molar-refractivity contribution < 1.29 is 4.39 Å². The number of hydrogen-bond donors (Lipinski definition) is 1. The fourth-order valence-electron chi connectivity index (χ4n) is 2.31. The summed E-state index contributed by atoms with van der Waals surface area (Å²) in [6.45, 7) is 10.4. The van der Waals surface area contributed by atoms with Gasteiger partial charge in [-0.15, -0.1) is 0 Å². The van der Waals surface area contributed by atoms with Crippen LogP contribution in [-0.4, -0.2) is 23.5 Å². The SMILES string of the molecule is CCN(CC)C(C)(C)C(N)c1ccc(F)cc1. The van der Waals surface area contributed by atoms with E-state index in [1.807, 2.05) is 0 Å². The molecule has 0 amide bonds. The van der Waals surface area contributed by atoms with Gasteiger partial charge in [0.1, 0.15) is 5.82 Å². The summed E-state index contributed by atoms with van der Waals surface area (Å²) in [6, 6.07) is 6.35. The zero-order chi connectivity index (χ0) is 13.1. The van der Waals surface area contributed by atoms with Crippen molar-refractivity contribution in [2.45, 2.75) is 39.3 Å². The van der Waals surface area contributed by atoms with Crippen molar-refractivity contribution >= 4 is 0 Å². The summed E-state index contributed by atoms with van der Waals surface area (Å²) in [7, 11) is 0. The second-order valence-corrected chi connectivity index (χ2v) is 4.86. The van der Waals surface area contributed by atoms with Gasteiger partial charge >= 0.3 is 0 Å². The molecule has 2 nitrogen and oxygen atoms in total. The molecule has 0 aliphatic rings. The van der Waals surface area contributed by atoms with E-state index in [-0.39, 0.29) is 17.4 Å². The average Bonchev–Trinajstić information content (AvgIpc) is 2.30. The molecule has 1 aromatic carbocycles. The molecule has 17 heavy (non-hydrogen) atoms. The number of benzene rings is 1. The molecule has 1 atom stereocenters. The zero-order valence-corrected chi connectivity index (χ0v) is 11.2. The van der Waals surface area contributed by atoms with Gasteiger partial charge in [0.25, 0.3) is 0 Å². The van der Waals surface area contributed by atoms with Crippen LogP contribution in [0.1, 0.15) is 39.3 Å². The quantitative estimate of drug-likeness (QED) is 0.854. The lowest BCUT2D eigenvalue weighted by molar-refractivity contribution is 0.107. The highest BCUT2D eigenvalue weighted by atomic mass is 19.1. The van der Waals surface area contributed by atoms with Crippen molar-refractivity contribution in [2.24, 2.45) is 5.73 Å². The standard InChI is InChI=1S/C14H23FN2/c1-5-17(6-2)14(3,4)13(16)11-7-9-12(15)10-8-11/h7-10,13H,5-6,16H2,1-4H3. The Hall–Kier alpha value is -0.930. The molecule has 0 aliphatic carbocycles. The van der Waals surface area contributed by atoms with E-state index in [4.69, 9.17) is 5.73 Å². The van der Waals surface area contributed by atoms with Crippen LogP contribution >= 0.6 is 0 Å². The predicted octanol–water partition coefficient (Wildman–Crippen LogP) is 2.95. The number of rotatable bonds is 5. The minimum atomic E-state index is -0.221. The molecule has 0 saturated carbocycles. The molecule has 0 spiro atoms. The Morgan fingerprint density at radius 2 is 1.65 bits per heavy atom. The third-order valence-corrected chi connectivity index (χ3v) is 3.57. The summed E-state index contributed by atoms with van der Waals surface area (Å²) in [5, 5.41) is 0. The summed E-state index contributed by atoms with van der Waals surface area (Å²) >= 11 is 0. The molecule has 0 aliphatic heterocycles. The number of likely N-dealkylation sites (N-methyl/N-ethyl adjacent to an activating group) is 1. The molecular weight excluding hydrogens is 215 g/mol. The van der Waals surface area contributed by atoms with E-state index in [0.29, 0.717) is 0 Å². The first-order valence-electron chi connectivity index (χ1n) is 6.19. The lowest BCUT2D eigenvalue weighted by Crippen LogP contribution is -2.51. The van der Waals surface area contributed by atoms with Crippen LogP contribution < -0.4 is 5.73 Å². The molecule has 2 N–H and O–H groups in total. The number of hydrogen-bond acceptors (Lipinski definition) is 2.